The summed E-state index contributed by atoms with van der Waals surface area (Å²) in [4.78, 5) is 0. The van der Waals surface area contributed by atoms with Crippen molar-refractivity contribution in [2.24, 2.45) is 0 Å². The second-order valence-corrected chi connectivity index (χ2v) is 3.63. The minimum absolute atomic E-state index is 0.500. The lowest BCUT2D eigenvalue weighted by molar-refractivity contribution is -0.247. The van der Waals surface area contributed by atoms with Gasteiger partial charge in [-0.25, -0.2) is 22.0 Å². The fourth-order valence-electron chi connectivity index (χ4n) is 0.626. The van der Waals surface area contributed by atoms with E-state index in [1.807, 2.05) is 0 Å². The van der Waals surface area contributed by atoms with E-state index >= 15 is 0 Å². The van der Waals surface area contributed by atoms with Crippen LogP contribution in [0.2, 0.25) is 0 Å². The summed E-state index contributed by atoms with van der Waals surface area (Å²) in [6.07, 6.45) is -27.0. The fourth-order valence-corrected chi connectivity index (χ4v) is 0.626. The van der Waals surface area contributed by atoms with Crippen molar-refractivity contribution in [1.29, 1.82) is 0 Å². The Bertz CT molecular complexity index is 312. The predicted molar refractivity (Wildman–Crippen MR) is 57.6 cm³/mol. The van der Waals surface area contributed by atoms with Crippen molar-refractivity contribution in [3.63, 3.8) is 0 Å². The Labute approximate surface area is 136 Å². The van der Waals surface area contributed by atoms with E-state index in [1.54, 1.807) is 0 Å². The molecular weight excluding hydrogens is 424 g/mol. The van der Waals surface area contributed by atoms with Crippen molar-refractivity contribution in [2.75, 3.05) is 21.0 Å². The maximum atomic E-state index is 11.6. The Kier molecular flexibility index (Phi) is 16.4. The Morgan fingerprint density at radius 1 is 0.615 bits per heavy atom. The molecule has 0 amide bonds. The molecular formula is C10H12F16. The summed E-state index contributed by atoms with van der Waals surface area (Å²) in [5, 5.41) is 0. The largest absolute Gasteiger partial charge is 0.425 e. The van der Waals surface area contributed by atoms with Gasteiger partial charge in [0.1, 0.15) is 0 Å². The van der Waals surface area contributed by atoms with Crippen molar-refractivity contribution in [3.05, 3.63) is 0 Å². The van der Waals surface area contributed by atoms with Crippen molar-refractivity contribution in [2.45, 2.75) is 43.2 Å². The summed E-state index contributed by atoms with van der Waals surface area (Å²) in [6, 6.07) is 0. The van der Waals surface area contributed by atoms with Crippen LogP contribution in [0.4, 0.5) is 70.2 Å². The highest BCUT2D eigenvalue weighted by molar-refractivity contribution is 4.81. The number of rotatable bonds is 3. The van der Waals surface area contributed by atoms with E-state index in [9.17, 15) is 70.2 Å². The van der Waals surface area contributed by atoms with Crippen LogP contribution >= 0.6 is 0 Å². The molecule has 0 aliphatic carbocycles. The minimum atomic E-state index is -5.71. The van der Waals surface area contributed by atoms with Gasteiger partial charge < -0.3 is 0 Å². The fraction of sp³-hybridized carbons (Fsp3) is 1.00. The van der Waals surface area contributed by atoms with Crippen LogP contribution in [0.25, 0.3) is 0 Å². The van der Waals surface area contributed by atoms with Crippen LogP contribution in [-0.4, -0.2) is 57.8 Å². The van der Waals surface area contributed by atoms with Gasteiger partial charge in [0.2, 0.25) is 6.17 Å². The molecule has 0 aromatic rings. The van der Waals surface area contributed by atoms with Crippen LogP contribution in [0.3, 0.4) is 0 Å². The molecule has 164 valence electrons. The summed E-state index contributed by atoms with van der Waals surface area (Å²) in [5.74, 6) is -4.97. The van der Waals surface area contributed by atoms with Crippen LogP contribution in [0.15, 0.2) is 0 Å². The third-order valence-electron chi connectivity index (χ3n) is 1.60. The molecule has 0 N–H and O–H groups in total. The van der Waals surface area contributed by atoms with E-state index in [4.69, 9.17) is 0 Å². The quantitative estimate of drug-likeness (QED) is 0.443. The summed E-state index contributed by atoms with van der Waals surface area (Å²) in [6.45, 7) is -2.66. The average molecular weight is 436 g/mol. The zero-order valence-corrected chi connectivity index (χ0v) is 12.6. The summed E-state index contributed by atoms with van der Waals surface area (Å²) >= 11 is 0. The maximum Gasteiger partial charge on any atom is 0.425 e. The van der Waals surface area contributed by atoms with Gasteiger partial charge >= 0.3 is 24.5 Å². The molecule has 0 aromatic carbocycles. The highest BCUT2D eigenvalue weighted by Gasteiger charge is 2.56. The third kappa shape index (κ3) is 17.7. The SMILES string of the molecule is CF.CF.FC(CC(F)(F)F)C(F)(F)F.FCC(F)(F)C(F)C(F)(F)F. The molecule has 2 atom stereocenters. The normalized spacial score (nSPS) is 14.5. The summed E-state index contributed by atoms with van der Waals surface area (Å²) < 4.78 is 176. The monoisotopic (exact) mass is 436 g/mol. The first-order valence-corrected chi connectivity index (χ1v) is 5.52. The highest BCUT2D eigenvalue weighted by Crippen LogP contribution is 2.35. The van der Waals surface area contributed by atoms with E-state index in [-0.39, 0.29) is 0 Å². The van der Waals surface area contributed by atoms with Gasteiger partial charge in [-0.05, 0) is 0 Å². The number of alkyl halides is 16. The molecule has 16 heteroatoms. The molecule has 0 bridgehead atoms. The molecule has 0 aliphatic heterocycles. The zero-order valence-electron chi connectivity index (χ0n) is 12.6. The molecule has 0 aromatic heterocycles. The molecule has 0 fully saturated rings. The number of halogens is 16. The van der Waals surface area contributed by atoms with Crippen LogP contribution in [0.1, 0.15) is 6.42 Å². The topological polar surface area (TPSA) is 0 Å². The second kappa shape index (κ2) is 13.1. The minimum Gasteiger partial charge on any atom is -0.255 e. The van der Waals surface area contributed by atoms with Crippen molar-refractivity contribution < 1.29 is 70.2 Å². The maximum absolute atomic E-state index is 11.6. The molecule has 0 spiro atoms. The van der Waals surface area contributed by atoms with Crippen LogP contribution in [0.5, 0.6) is 0 Å². The van der Waals surface area contributed by atoms with Crippen molar-refractivity contribution in [3.8, 4) is 0 Å². The third-order valence-corrected chi connectivity index (χ3v) is 1.60. The Morgan fingerprint density at radius 2 is 0.923 bits per heavy atom. The van der Waals surface area contributed by atoms with Gasteiger partial charge in [-0.3, -0.25) is 8.78 Å². The Morgan fingerprint density at radius 3 is 1.00 bits per heavy atom. The first-order valence-electron chi connectivity index (χ1n) is 5.52. The van der Waals surface area contributed by atoms with Gasteiger partial charge in [0.25, 0.3) is 6.17 Å². The van der Waals surface area contributed by atoms with E-state index in [0.29, 0.717) is 14.4 Å². The number of hydrogen-bond donors (Lipinski definition) is 0. The van der Waals surface area contributed by atoms with Gasteiger partial charge in [-0.2, -0.15) is 39.5 Å². The zero-order chi connectivity index (χ0) is 22.6. The van der Waals surface area contributed by atoms with E-state index in [0.717, 1.165) is 0 Å². The van der Waals surface area contributed by atoms with Crippen molar-refractivity contribution >= 4 is 0 Å². The predicted octanol–water partition coefficient (Wildman–Crippen LogP) is 6.50. The summed E-state index contributed by atoms with van der Waals surface area (Å²) in [5.41, 5.74) is 0. The Balaban J connectivity index is -0.000000156. The molecule has 0 aliphatic rings. The van der Waals surface area contributed by atoms with E-state index in [1.165, 1.54) is 0 Å². The first kappa shape index (κ1) is 32.5. The van der Waals surface area contributed by atoms with Gasteiger partial charge in [-0.1, -0.05) is 0 Å². The van der Waals surface area contributed by atoms with Crippen LogP contribution in [0, 0.1) is 0 Å². The summed E-state index contributed by atoms with van der Waals surface area (Å²) in [7, 11) is 1.00. The lowest BCUT2D eigenvalue weighted by Gasteiger charge is -2.19. The lowest BCUT2D eigenvalue weighted by Crippen LogP contribution is -2.43. The standard InChI is InChI=1S/2C4H3F7.2CH3F/c5-1-3(7,8)2(6)4(9,10)11;5-2(4(9,10)11)1-3(6,7)8;2*1-2/h2*2H,1H2;2*1H3. The average Bonchev–Trinajstić information content (AvgIpc) is 2.47. The molecule has 0 saturated heterocycles. The second-order valence-electron chi connectivity index (χ2n) is 3.63. The van der Waals surface area contributed by atoms with Crippen LogP contribution < -0.4 is 0 Å². The van der Waals surface area contributed by atoms with Crippen LogP contribution in [-0.2, 0) is 0 Å². The molecule has 0 radical (unpaired) electrons. The molecule has 0 rings (SSSR count). The first-order chi connectivity index (χ1) is 11.3. The smallest absolute Gasteiger partial charge is 0.255 e. The molecule has 26 heavy (non-hydrogen) atoms. The van der Waals surface area contributed by atoms with E-state index in [2.05, 4.69) is 0 Å². The molecule has 2 unspecified atom stereocenters. The van der Waals surface area contributed by atoms with Gasteiger partial charge in [0.05, 0.1) is 20.8 Å². The van der Waals surface area contributed by atoms with Gasteiger partial charge in [0.15, 0.2) is 6.67 Å². The van der Waals surface area contributed by atoms with Crippen molar-refractivity contribution in [1.82, 2.24) is 0 Å². The Hall–Kier alpha value is -1.12. The lowest BCUT2D eigenvalue weighted by atomic mass is 10.2. The molecule has 0 nitrogen and oxygen atoms in total. The van der Waals surface area contributed by atoms with Gasteiger partial charge in [0, 0.05) is 0 Å². The van der Waals surface area contributed by atoms with Gasteiger partial charge in [-0.15, -0.1) is 0 Å². The number of hydrogen-bond acceptors (Lipinski definition) is 0. The molecule has 0 saturated carbocycles. The highest BCUT2D eigenvalue weighted by atomic mass is 19.4. The molecule has 0 heterocycles. The van der Waals surface area contributed by atoms with E-state index < -0.39 is 49.9 Å².